The van der Waals surface area contributed by atoms with Gasteiger partial charge < -0.3 is 4.74 Å². The van der Waals surface area contributed by atoms with Crippen LogP contribution in [0.4, 0.5) is 0 Å². The molecule has 0 atom stereocenters. The molecule has 2 aliphatic rings. The van der Waals surface area contributed by atoms with Gasteiger partial charge in [-0.3, -0.25) is 0 Å². The minimum atomic E-state index is 0.676. The molecule has 1 radical (unpaired) electrons. The minimum absolute atomic E-state index is 0.676. The van der Waals surface area contributed by atoms with Gasteiger partial charge in [-0.25, -0.2) is 0 Å². The van der Waals surface area contributed by atoms with Crippen molar-refractivity contribution in [3.8, 4) is 0 Å². The van der Waals surface area contributed by atoms with Gasteiger partial charge in [0.05, 0.1) is 19.2 Å². The van der Waals surface area contributed by atoms with Crippen molar-refractivity contribution in [3.05, 3.63) is 12.4 Å². The Morgan fingerprint density at radius 2 is 2.67 bits per heavy atom. The molecule has 2 heterocycles. The van der Waals surface area contributed by atoms with Gasteiger partial charge in [0, 0.05) is 0 Å². The van der Waals surface area contributed by atoms with Gasteiger partial charge in [0.15, 0.2) is 6.20 Å². The summed E-state index contributed by atoms with van der Waals surface area (Å²) >= 11 is 0. The Balaban J connectivity index is 2.16. The van der Waals surface area contributed by atoms with Crippen LogP contribution >= 0.6 is 0 Å². The van der Waals surface area contributed by atoms with Gasteiger partial charge >= 0.3 is 0 Å². The van der Waals surface area contributed by atoms with Gasteiger partial charge in [-0.2, -0.15) is 4.99 Å². The highest BCUT2D eigenvalue weighted by molar-refractivity contribution is 5.88. The first-order valence-corrected chi connectivity index (χ1v) is 3.04. The van der Waals surface area contributed by atoms with Crippen molar-refractivity contribution < 1.29 is 4.74 Å². The average Bonchev–Trinajstić information content (AvgIpc) is 2.33. The normalized spacial score (nSPS) is 26.0. The summed E-state index contributed by atoms with van der Waals surface area (Å²) in [7, 11) is 0. The molecule has 0 unspecified atom stereocenters. The average molecular weight is 124 g/mol. The van der Waals surface area contributed by atoms with Crippen molar-refractivity contribution in [3.63, 3.8) is 0 Å². The number of amidine groups is 1. The lowest BCUT2D eigenvalue weighted by atomic mass is 10.4. The van der Waals surface area contributed by atoms with Crippen LogP contribution in [0.1, 0.15) is 6.42 Å². The second-order valence-electron chi connectivity index (χ2n) is 2.10. The van der Waals surface area contributed by atoms with E-state index >= 15 is 0 Å². The molecule has 0 aromatic heterocycles. The Morgan fingerprint density at radius 1 is 1.67 bits per heavy atom. The fourth-order valence-electron chi connectivity index (χ4n) is 1.01. The lowest BCUT2D eigenvalue weighted by molar-refractivity contribution is 0.0977. The van der Waals surface area contributed by atoms with Crippen LogP contribution in [0, 0.1) is 0 Å². The van der Waals surface area contributed by atoms with E-state index in [0.29, 0.717) is 6.73 Å². The van der Waals surface area contributed by atoms with Crippen LogP contribution in [0.5, 0.6) is 0 Å². The molecule has 2 aliphatic heterocycles. The molecule has 0 aliphatic carbocycles. The van der Waals surface area contributed by atoms with E-state index in [1.54, 1.807) is 0 Å². The van der Waals surface area contributed by atoms with E-state index in [1.807, 2.05) is 17.3 Å². The summed E-state index contributed by atoms with van der Waals surface area (Å²) in [5.74, 6) is 1.14. The fourth-order valence-corrected chi connectivity index (χ4v) is 1.01. The number of nitrogens with zero attached hydrogens (tertiary/aromatic N) is 2. The summed E-state index contributed by atoms with van der Waals surface area (Å²) in [5, 5.41) is 0. The summed E-state index contributed by atoms with van der Waals surface area (Å²) in [4.78, 5) is 6.16. The van der Waals surface area contributed by atoms with Crippen molar-refractivity contribution in [2.24, 2.45) is 4.99 Å². The third-order valence-electron chi connectivity index (χ3n) is 1.50. The Kier molecular flexibility index (Phi) is 1.10. The fraction of sp³-hybridized carbons (Fsp3) is 0.500. The van der Waals surface area contributed by atoms with Crippen LogP contribution in [0.3, 0.4) is 0 Å². The van der Waals surface area contributed by atoms with Gasteiger partial charge in [-0.1, -0.05) is 4.90 Å². The summed E-state index contributed by atoms with van der Waals surface area (Å²) < 4.78 is 5.18. The first kappa shape index (κ1) is 5.14. The molecular formula is C6H8N2O+. The second-order valence-corrected chi connectivity index (χ2v) is 2.10. The molecule has 0 spiro atoms. The topological polar surface area (TPSA) is 27.5 Å². The highest BCUT2D eigenvalue weighted by Gasteiger charge is 2.28. The maximum Gasteiger partial charge on any atom is 0.261 e. The number of hydrogen-bond donors (Lipinski definition) is 0. The molecule has 1 fully saturated rings. The molecule has 2 rings (SSSR count). The van der Waals surface area contributed by atoms with Crippen molar-refractivity contribution >= 4 is 5.84 Å². The zero-order valence-electron chi connectivity index (χ0n) is 5.08. The van der Waals surface area contributed by atoms with E-state index in [4.69, 9.17) is 4.74 Å². The molecule has 0 aromatic rings. The molecule has 0 N–H and O–H groups in total. The minimum Gasteiger partial charge on any atom is -0.326 e. The Labute approximate surface area is 53.6 Å². The third kappa shape index (κ3) is 0.781. The largest absolute Gasteiger partial charge is 0.326 e. The van der Waals surface area contributed by atoms with E-state index in [1.165, 1.54) is 0 Å². The zero-order valence-corrected chi connectivity index (χ0v) is 5.08. The van der Waals surface area contributed by atoms with Crippen molar-refractivity contribution in [2.75, 3.05) is 13.3 Å². The summed E-state index contributed by atoms with van der Waals surface area (Å²) in [6, 6.07) is 0. The predicted octanol–water partition coefficient (Wildman–Crippen LogP) is 0.388. The van der Waals surface area contributed by atoms with Crippen LogP contribution in [0.25, 0.3) is 0 Å². The molecular weight excluding hydrogens is 116 g/mol. The first-order valence-electron chi connectivity index (χ1n) is 3.04. The third-order valence-corrected chi connectivity index (χ3v) is 1.50. The molecule has 3 heteroatoms. The van der Waals surface area contributed by atoms with Gasteiger partial charge in [-0.15, -0.1) is 0 Å². The number of aliphatic imine (C=N–C) groups is 1. The molecule has 47 valence electrons. The Bertz CT molecular complexity index is 174. The lowest BCUT2D eigenvalue weighted by Crippen LogP contribution is -2.37. The van der Waals surface area contributed by atoms with Gasteiger partial charge in [-0.05, 0) is 0 Å². The van der Waals surface area contributed by atoms with Crippen LogP contribution in [-0.4, -0.2) is 19.2 Å². The number of hydrogen-bond acceptors (Lipinski definition) is 3. The molecule has 0 aromatic carbocycles. The maximum absolute atomic E-state index is 5.18. The van der Waals surface area contributed by atoms with Crippen molar-refractivity contribution in [2.45, 2.75) is 6.42 Å². The van der Waals surface area contributed by atoms with Crippen LogP contribution < -0.4 is 4.90 Å². The second kappa shape index (κ2) is 1.93. The molecule has 1 saturated heterocycles. The monoisotopic (exact) mass is 124 g/mol. The smallest absolute Gasteiger partial charge is 0.261 e. The van der Waals surface area contributed by atoms with E-state index < -0.39 is 0 Å². The van der Waals surface area contributed by atoms with Gasteiger partial charge in [0.2, 0.25) is 6.73 Å². The summed E-state index contributed by atoms with van der Waals surface area (Å²) in [6.45, 7) is 1.49. The lowest BCUT2D eigenvalue weighted by Gasteiger charge is -2.10. The zero-order chi connectivity index (χ0) is 6.10. The number of ether oxygens (including phenoxy) is 1. The highest BCUT2D eigenvalue weighted by Crippen LogP contribution is 2.07. The molecule has 0 saturated carbocycles. The van der Waals surface area contributed by atoms with Crippen LogP contribution in [0.2, 0.25) is 0 Å². The maximum atomic E-state index is 5.18. The summed E-state index contributed by atoms with van der Waals surface area (Å²) in [5.41, 5.74) is 0. The molecule has 9 heavy (non-hydrogen) atoms. The quantitative estimate of drug-likeness (QED) is 0.429. The predicted molar refractivity (Wildman–Crippen MR) is 34.1 cm³/mol. The Morgan fingerprint density at radius 3 is 3.56 bits per heavy atom. The van der Waals surface area contributed by atoms with Crippen molar-refractivity contribution in [1.29, 1.82) is 0 Å². The van der Waals surface area contributed by atoms with Crippen LogP contribution in [-0.2, 0) is 4.74 Å². The van der Waals surface area contributed by atoms with E-state index in [9.17, 15) is 0 Å². The van der Waals surface area contributed by atoms with Crippen molar-refractivity contribution in [1.82, 2.24) is 4.90 Å². The Hall–Kier alpha value is -0.670. The van der Waals surface area contributed by atoms with E-state index in [2.05, 4.69) is 4.99 Å². The number of rotatable bonds is 0. The first-order chi connectivity index (χ1) is 4.47. The molecule has 0 bridgehead atoms. The summed E-state index contributed by atoms with van der Waals surface area (Å²) in [6.07, 6.45) is 4.70. The van der Waals surface area contributed by atoms with Gasteiger partial charge in [0.1, 0.15) is 0 Å². The van der Waals surface area contributed by atoms with E-state index in [0.717, 1.165) is 18.9 Å². The standard InChI is InChI=1S/C6H8N2O/c1-4-9-5-8-3-2-7-6(1)8/h2-3H,1,4-5H2/q+1. The molecule has 0 amide bonds. The highest BCUT2D eigenvalue weighted by atomic mass is 16.5. The molecule has 3 nitrogen and oxygen atoms in total. The van der Waals surface area contributed by atoms with Crippen LogP contribution in [0.15, 0.2) is 17.4 Å². The van der Waals surface area contributed by atoms with E-state index in [-0.39, 0.29) is 0 Å². The van der Waals surface area contributed by atoms with Gasteiger partial charge in [0.25, 0.3) is 5.84 Å². The SMILES string of the molecule is C1=C[N+]2COCCC2=N1. The number of fused-ring (bicyclic) bond motifs is 1.